The van der Waals surface area contributed by atoms with Gasteiger partial charge in [0.05, 0.1) is 6.54 Å². The van der Waals surface area contributed by atoms with Crippen molar-refractivity contribution < 1.29 is 9.59 Å². The highest BCUT2D eigenvalue weighted by molar-refractivity contribution is 5.96. The first kappa shape index (κ1) is 16.1. The van der Waals surface area contributed by atoms with Crippen LogP contribution >= 0.6 is 0 Å². The average Bonchev–Trinajstić information content (AvgIpc) is 3.39. The first-order valence-electron chi connectivity index (χ1n) is 8.17. The van der Waals surface area contributed by atoms with Gasteiger partial charge in [0.25, 0.3) is 0 Å². The van der Waals surface area contributed by atoms with E-state index < -0.39 is 6.03 Å². The maximum Gasteiger partial charge on any atom is 0.321 e. The van der Waals surface area contributed by atoms with Gasteiger partial charge in [0, 0.05) is 11.7 Å². The number of hydrogen-bond acceptors (Lipinski definition) is 3. The summed E-state index contributed by atoms with van der Waals surface area (Å²) < 4.78 is 0. The molecule has 0 atom stereocenters. The molecule has 3 rings (SSSR count). The summed E-state index contributed by atoms with van der Waals surface area (Å²) in [5.41, 5.74) is 3.22. The standard InChI is InChI=1S/C19H21N3O2/c23-18(22-19(24)21-16-10-11-16)13-20-17-9-5-4-8-15(17)12-14-6-2-1-3-7-14/h1-9,16,20H,10-13H2,(H2,21,22,23,24). The quantitative estimate of drug-likeness (QED) is 0.765. The molecule has 2 aromatic rings. The van der Waals surface area contributed by atoms with Crippen molar-refractivity contribution in [3.63, 3.8) is 0 Å². The van der Waals surface area contributed by atoms with E-state index in [1.807, 2.05) is 42.5 Å². The van der Waals surface area contributed by atoms with Crippen LogP contribution in [0.2, 0.25) is 0 Å². The Morgan fingerprint density at radius 1 is 0.958 bits per heavy atom. The Bertz CT molecular complexity index is 712. The monoisotopic (exact) mass is 323 g/mol. The number of anilines is 1. The summed E-state index contributed by atoms with van der Waals surface area (Å²) in [6.07, 6.45) is 2.77. The number of amides is 3. The molecule has 3 amide bonds. The minimum atomic E-state index is -0.415. The number of imide groups is 1. The summed E-state index contributed by atoms with van der Waals surface area (Å²) >= 11 is 0. The molecule has 2 aromatic carbocycles. The van der Waals surface area contributed by atoms with E-state index in [9.17, 15) is 9.59 Å². The van der Waals surface area contributed by atoms with Crippen LogP contribution in [-0.4, -0.2) is 24.5 Å². The van der Waals surface area contributed by atoms with Crippen molar-refractivity contribution in [1.82, 2.24) is 10.6 Å². The number of carbonyl (C=O) groups is 2. The van der Waals surface area contributed by atoms with E-state index in [1.54, 1.807) is 0 Å². The summed E-state index contributed by atoms with van der Waals surface area (Å²) in [5.74, 6) is -0.345. The second-order valence-corrected chi connectivity index (χ2v) is 5.97. The number of hydrogen-bond donors (Lipinski definition) is 3. The summed E-state index contributed by atoms with van der Waals surface area (Å²) in [5, 5.41) is 8.18. The van der Waals surface area contributed by atoms with E-state index in [4.69, 9.17) is 0 Å². The molecule has 0 heterocycles. The smallest absolute Gasteiger partial charge is 0.321 e. The third kappa shape index (κ3) is 4.84. The molecule has 124 valence electrons. The fraction of sp³-hybridized carbons (Fsp3) is 0.263. The van der Waals surface area contributed by atoms with E-state index in [0.717, 1.165) is 30.5 Å². The SMILES string of the molecule is O=C(CNc1ccccc1Cc1ccccc1)NC(=O)NC1CC1. The highest BCUT2D eigenvalue weighted by atomic mass is 16.2. The van der Waals surface area contributed by atoms with Crippen molar-refractivity contribution >= 4 is 17.6 Å². The van der Waals surface area contributed by atoms with E-state index in [0.29, 0.717) is 0 Å². The molecule has 5 nitrogen and oxygen atoms in total. The van der Waals surface area contributed by atoms with Crippen LogP contribution in [0.5, 0.6) is 0 Å². The Morgan fingerprint density at radius 2 is 1.67 bits per heavy atom. The molecule has 0 radical (unpaired) electrons. The van der Waals surface area contributed by atoms with Crippen LogP contribution in [0, 0.1) is 0 Å². The van der Waals surface area contributed by atoms with Gasteiger partial charge in [0.2, 0.25) is 5.91 Å². The molecule has 1 fully saturated rings. The van der Waals surface area contributed by atoms with Gasteiger partial charge in [-0.2, -0.15) is 0 Å². The highest BCUT2D eigenvalue weighted by Crippen LogP contribution is 2.19. The second kappa shape index (κ2) is 7.64. The van der Waals surface area contributed by atoms with Crippen LogP contribution in [0.1, 0.15) is 24.0 Å². The lowest BCUT2D eigenvalue weighted by Crippen LogP contribution is -2.42. The normalized spacial score (nSPS) is 13.2. The fourth-order valence-corrected chi connectivity index (χ4v) is 2.46. The summed E-state index contributed by atoms with van der Waals surface area (Å²) in [6.45, 7) is 0.0594. The molecule has 24 heavy (non-hydrogen) atoms. The molecule has 1 aliphatic rings. The number of benzene rings is 2. The van der Waals surface area contributed by atoms with Gasteiger partial charge < -0.3 is 10.6 Å². The first-order valence-corrected chi connectivity index (χ1v) is 8.17. The Kier molecular flexibility index (Phi) is 5.11. The van der Waals surface area contributed by atoms with Crippen molar-refractivity contribution in [2.75, 3.05) is 11.9 Å². The predicted octanol–water partition coefficient (Wildman–Crippen LogP) is 2.68. The molecule has 5 heteroatoms. The topological polar surface area (TPSA) is 70.2 Å². The van der Waals surface area contributed by atoms with Crippen molar-refractivity contribution in [2.45, 2.75) is 25.3 Å². The lowest BCUT2D eigenvalue weighted by molar-refractivity contribution is -0.118. The van der Waals surface area contributed by atoms with Gasteiger partial charge in [0.1, 0.15) is 0 Å². The largest absolute Gasteiger partial charge is 0.376 e. The number of rotatable bonds is 6. The third-order valence-electron chi connectivity index (χ3n) is 3.86. The minimum Gasteiger partial charge on any atom is -0.376 e. The zero-order valence-electron chi connectivity index (χ0n) is 13.4. The minimum absolute atomic E-state index is 0.0594. The molecule has 0 spiro atoms. The van der Waals surface area contributed by atoms with Crippen LogP contribution < -0.4 is 16.0 Å². The van der Waals surface area contributed by atoms with E-state index in [2.05, 4.69) is 28.1 Å². The number of nitrogens with one attached hydrogen (secondary N) is 3. The highest BCUT2D eigenvalue weighted by Gasteiger charge is 2.23. The zero-order valence-corrected chi connectivity index (χ0v) is 13.4. The molecule has 3 N–H and O–H groups in total. The molecule has 1 aliphatic carbocycles. The van der Waals surface area contributed by atoms with Crippen molar-refractivity contribution in [3.8, 4) is 0 Å². The molecular weight excluding hydrogens is 302 g/mol. The molecule has 0 unspecified atom stereocenters. The van der Waals surface area contributed by atoms with Gasteiger partial charge in [0.15, 0.2) is 0 Å². The number of carbonyl (C=O) groups excluding carboxylic acids is 2. The van der Waals surface area contributed by atoms with Crippen molar-refractivity contribution in [2.24, 2.45) is 0 Å². The zero-order chi connectivity index (χ0) is 16.8. The lowest BCUT2D eigenvalue weighted by atomic mass is 10.0. The average molecular weight is 323 g/mol. The van der Waals surface area contributed by atoms with Crippen LogP contribution in [0.15, 0.2) is 54.6 Å². The molecule has 0 bridgehead atoms. The van der Waals surface area contributed by atoms with Gasteiger partial charge in [-0.1, -0.05) is 48.5 Å². The summed E-state index contributed by atoms with van der Waals surface area (Å²) in [7, 11) is 0. The van der Waals surface area contributed by atoms with Gasteiger partial charge in [-0.05, 0) is 36.5 Å². The lowest BCUT2D eigenvalue weighted by Gasteiger charge is -2.12. The van der Waals surface area contributed by atoms with E-state index in [-0.39, 0.29) is 18.5 Å². The summed E-state index contributed by atoms with van der Waals surface area (Å²) in [6, 6.07) is 17.9. The van der Waals surface area contributed by atoms with Gasteiger partial charge in [-0.15, -0.1) is 0 Å². The van der Waals surface area contributed by atoms with Crippen LogP contribution in [-0.2, 0) is 11.2 Å². The van der Waals surface area contributed by atoms with Gasteiger partial charge >= 0.3 is 6.03 Å². The van der Waals surface area contributed by atoms with E-state index >= 15 is 0 Å². The molecule has 1 saturated carbocycles. The van der Waals surface area contributed by atoms with Crippen molar-refractivity contribution in [3.05, 3.63) is 65.7 Å². The Hall–Kier alpha value is -2.82. The molecule has 0 saturated heterocycles. The summed E-state index contributed by atoms with van der Waals surface area (Å²) in [4.78, 5) is 23.4. The third-order valence-corrected chi connectivity index (χ3v) is 3.86. The van der Waals surface area contributed by atoms with Gasteiger partial charge in [-0.3, -0.25) is 10.1 Å². The van der Waals surface area contributed by atoms with E-state index in [1.165, 1.54) is 5.56 Å². The molecular formula is C19H21N3O2. The van der Waals surface area contributed by atoms with Crippen LogP contribution in [0.3, 0.4) is 0 Å². The maximum absolute atomic E-state index is 11.9. The Balaban J connectivity index is 1.54. The first-order chi connectivity index (χ1) is 11.7. The Morgan fingerprint density at radius 3 is 2.42 bits per heavy atom. The second-order valence-electron chi connectivity index (χ2n) is 5.97. The molecule has 0 aromatic heterocycles. The predicted molar refractivity (Wildman–Crippen MR) is 93.9 cm³/mol. The molecule has 0 aliphatic heterocycles. The van der Waals surface area contributed by atoms with Crippen LogP contribution in [0.25, 0.3) is 0 Å². The maximum atomic E-state index is 11.9. The van der Waals surface area contributed by atoms with Crippen molar-refractivity contribution in [1.29, 1.82) is 0 Å². The number of urea groups is 1. The fourth-order valence-electron chi connectivity index (χ4n) is 2.46. The van der Waals surface area contributed by atoms with Gasteiger partial charge in [-0.25, -0.2) is 4.79 Å². The van der Waals surface area contributed by atoms with Crippen LogP contribution in [0.4, 0.5) is 10.5 Å². The number of para-hydroxylation sites is 1. The Labute approximate surface area is 141 Å².